The molecule has 0 saturated heterocycles. The zero-order valence-electron chi connectivity index (χ0n) is 17.3. The van der Waals surface area contributed by atoms with Gasteiger partial charge in [-0.3, -0.25) is 10.1 Å². The second kappa shape index (κ2) is 11.9. The van der Waals surface area contributed by atoms with Gasteiger partial charge in [-0.2, -0.15) is 0 Å². The molecule has 0 fully saturated rings. The number of carbonyl (C=O) groups excluding carboxylic acids is 1. The van der Waals surface area contributed by atoms with E-state index in [0.717, 1.165) is 32.1 Å². The molecule has 1 rings (SSSR count). The van der Waals surface area contributed by atoms with Crippen LogP contribution in [0, 0.1) is 10.1 Å². The van der Waals surface area contributed by atoms with Crippen molar-refractivity contribution in [1.82, 2.24) is 4.90 Å². The van der Waals surface area contributed by atoms with Gasteiger partial charge in [0.25, 0.3) is 5.69 Å². The minimum absolute atomic E-state index is 0.0329. The Kier molecular flexibility index (Phi) is 9.91. The van der Waals surface area contributed by atoms with Crippen LogP contribution in [0.25, 0.3) is 0 Å². The summed E-state index contributed by atoms with van der Waals surface area (Å²) in [5.74, 6) is 0.603. The van der Waals surface area contributed by atoms with Gasteiger partial charge in [-0.25, -0.2) is 14.5 Å². The van der Waals surface area contributed by atoms with Crippen molar-refractivity contribution in [3.8, 4) is 5.75 Å². The first kappa shape index (κ1) is 24.2. The molecular formula is C20H30N2O7. The highest BCUT2D eigenvalue weighted by atomic mass is 16.6. The van der Waals surface area contributed by atoms with Crippen LogP contribution in [-0.4, -0.2) is 45.9 Å². The van der Waals surface area contributed by atoms with E-state index >= 15 is 0 Å². The zero-order chi connectivity index (χ0) is 21.9. The van der Waals surface area contributed by atoms with Crippen LogP contribution >= 0.6 is 0 Å². The van der Waals surface area contributed by atoms with Crippen LogP contribution < -0.4 is 4.74 Å². The van der Waals surface area contributed by atoms with Gasteiger partial charge in [-0.05, 0) is 45.7 Å². The van der Waals surface area contributed by atoms with Crippen molar-refractivity contribution in [3.63, 3.8) is 0 Å². The second-order valence-electron chi connectivity index (χ2n) is 7.64. The van der Waals surface area contributed by atoms with Gasteiger partial charge in [-0.15, -0.1) is 0 Å². The first-order chi connectivity index (χ1) is 13.6. The van der Waals surface area contributed by atoms with Crippen molar-refractivity contribution < 1.29 is 29.1 Å². The average Bonchev–Trinajstić information content (AvgIpc) is 2.61. The van der Waals surface area contributed by atoms with E-state index < -0.39 is 22.7 Å². The molecule has 0 aliphatic heterocycles. The standard InChI is InChI=1S/C20H30N2O7/c1-20(2,3)29-19(25)21(18(23)24)14-8-6-4-5-7-9-15-28-17-12-10-16(11-13-17)22(26)27/h10-13H,4-9,14-15H2,1-3H3,(H,23,24). The molecule has 0 radical (unpaired) electrons. The van der Waals surface area contributed by atoms with Gasteiger partial charge in [0.15, 0.2) is 0 Å². The highest BCUT2D eigenvalue weighted by molar-refractivity contribution is 5.86. The Morgan fingerprint density at radius 3 is 2.10 bits per heavy atom. The lowest BCUT2D eigenvalue weighted by atomic mass is 10.1. The molecule has 9 nitrogen and oxygen atoms in total. The fourth-order valence-corrected chi connectivity index (χ4v) is 2.52. The molecule has 0 aliphatic rings. The van der Waals surface area contributed by atoms with Crippen LogP contribution in [0.2, 0.25) is 0 Å². The summed E-state index contributed by atoms with van der Waals surface area (Å²) in [7, 11) is 0. The largest absolute Gasteiger partial charge is 0.494 e. The van der Waals surface area contributed by atoms with Crippen molar-refractivity contribution in [2.45, 2.75) is 64.9 Å². The zero-order valence-corrected chi connectivity index (χ0v) is 17.3. The normalized spacial score (nSPS) is 11.0. The number of nitro groups is 1. The number of nitro benzene ring substituents is 1. The van der Waals surface area contributed by atoms with Gasteiger partial charge in [0.2, 0.25) is 0 Å². The van der Waals surface area contributed by atoms with Gasteiger partial charge >= 0.3 is 12.2 Å². The van der Waals surface area contributed by atoms with E-state index in [4.69, 9.17) is 14.6 Å². The molecule has 29 heavy (non-hydrogen) atoms. The molecule has 0 aliphatic carbocycles. The topological polar surface area (TPSA) is 119 Å². The van der Waals surface area contributed by atoms with Crippen molar-refractivity contribution in [2.75, 3.05) is 13.2 Å². The van der Waals surface area contributed by atoms with Crippen molar-refractivity contribution in [3.05, 3.63) is 34.4 Å². The van der Waals surface area contributed by atoms with Gasteiger partial charge < -0.3 is 14.6 Å². The minimum Gasteiger partial charge on any atom is -0.494 e. The maximum absolute atomic E-state index is 11.9. The number of unbranched alkanes of at least 4 members (excludes halogenated alkanes) is 5. The monoisotopic (exact) mass is 410 g/mol. The third-order valence-corrected chi connectivity index (χ3v) is 3.94. The number of carboxylic acid groups (broad SMARTS) is 1. The number of non-ortho nitro benzene ring substituents is 1. The minimum atomic E-state index is -1.30. The number of rotatable bonds is 11. The number of imide groups is 1. The number of amides is 2. The molecule has 0 aromatic heterocycles. The number of ether oxygens (including phenoxy) is 2. The number of hydrogen-bond acceptors (Lipinski definition) is 6. The Hall–Kier alpha value is -2.84. The third-order valence-electron chi connectivity index (χ3n) is 3.94. The van der Waals surface area contributed by atoms with E-state index in [9.17, 15) is 19.7 Å². The summed E-state index contributed by atoms with van der Waals surface area (Å²) < 4.78 is 10.6. The molecule has 1 N–H and O–H groups in total. The number of benzene rings is 1. The molecule has 9 heteroatoms. The third kappa shape index (κ3) is 10.3. The summed E-state index contributed by atoms with van der Waals surface area (Å²) in [5, 5.41) is 19.7. The first-order valence-electron chi connectivity index (χ1n) is 9.71. The Balaban J connectivity index is 2.13. The predicted molar refractivity (Wildman–Crippen MR) is 107 cm³/mol. The summed E-state index contributed by atoms with van der Waals surface area (Å²) in [5.41, 5.74) is -0.702. The van der Waals surface area contributed by atoms with Gasteiger partial charge in [-0.1, -0.05) is 25.7 Å². The van der Waals surface area contributed by atoms with Gasteiger partial charge in [0.05, 0.1) is 11.5 Å². The molecule has 0 saturated carbocycles. The molecule has 162 valence electrons. The summed E-state index contributed by atoms with van der Waals surface area (Å²) in [6, 6.07) is 5.98. The van der Waals surface area contributed by atoms with Crippen LogP contribution in [-0.2, 0) is 4.74 Å². The molecule has 2 amide bonds. The number of hydrogen-bond donors (Lipinski definition) is 1. The maximum Gasteiger partial charge on any atom is 0.419 e. The Morgan fingerprint density at radius 1 is 1.03 bits per heavy atom. The maximum atomic E-state index is 11.9. The first-order valence-corrected chi connectivity index (χ1v) is 9.71. The number of carbonyl (C=O) groups is 2. The summed E-state index contributed by atoms with van der Waals surface area (Å²) >= 11 is 0. The molecule has 1 aromatic rings. The molecule has 0 spiro atoms. The average molecular weight is 410 g/mol. The SMILES string of the molecule is CC(C)(C)OC(=O)N(CCCCCCCCOc1ccc([N+](=O)[O-])cc1)C(=O)O. The lowest BCUT2D eigenvalue weighted by Crippen LogP contribution is -2.40. The molecule has 0 unspecified atom stereocenters. The van der Waals surface area contributed by atoms with Crippen LogP contribution in [0.1, 0.15) is 59.3 Å². The van der Waals surface area contributed by atoms with Gasteiger partial charge in [0, 0.05) is 18.7 Å². The fourth-order valence-electron chi connectivity index (χ4n) is 2.52. The van der Waals surface area contributed by atoms with Crippen LogP contribution in [0.15, 0.2) is 24.3 Å². The number of nitrogens with zero attached hydrogens (tertiary/aromatic N) is 2. The van der Waals surface area contributed by atoms with Crippen LogP contribution in [0.3, 0.4) is 0 Å². The molecule has 0 bridgehead atoms. The van der Waals surface area contributed by atoms with Crippen LogP contribution in [0.4, 0.5) is 15.3 Å². The second-order valence-corrected chi connectivity index (χ2v) is 7.64. The lowest BCUT2D eigenvalue weighted by molar-refractivity contribution is -0.384. The lowest BCUT2D eigenvalue weighted by Gasteiger charge is -2.24. The molecule has 0 atom stereocenters. The Labute approximate surface area is 170 Å². The molecular weight excluding hydrogens is 380 g/mol. The van der Waals surface area contributed by atoms with E-state index in [2.05, 4.69) is 0 Å². The van der Waals surface area contributed by atoms with Crippen LogP contribution in [0.5, 0.6) is 5.75 Å². The van der Waals surface area contributed by atoms with E-state index in [1.165, 1.54) is 12.1 Å². The fraction of sp³-hybridized carbons (Fsp3) is 0.600. The van der Waals surface area contributed by atoms with Gasteiger partial charge in [0.1, 0.15) is 11.4 Å². The predicted octanol–water partition coefficient (Wildman–Crippen LogP) is 5.23. The van der Waals surface area contributed by atoms with Crippen molar-refractivity contribution in [2.24, 2.45) is 0 Å². The smallest absolute Gasteiger partial charge is 0.419 e. The molecule has 1 aromatic carbocycles. The van der Waals surface area contributed by atoms with E-state index in [-0.39, 0.29) is 12.2 Å². The highest BCUT2D eigenvalue weighted by Crippen LogP contribution is 2.18. The summed E-state index contributed by atoms with van der Waals surface area (Å²) in [4.78, 5) is 33.9. The van der Waals surface area contributed by atoms with E-state index in [0.29, 0.717) is 23.7 Å². The van der Waals surface area contributed by atoms with Crippen molar-refractivity contribution in [1.29, 1.82) is 0 Å². The Bertz CT molecular complexity index is 668. The van der Waals surface area contributed by atoms with E-state index in [1.807, 2.05) is 0 Å². The van der Waals surface area contributed by atoms with E-state index in [1.54, 1.807) is 32.9 Å². The quantitative estimate of drug-likeness (QED) is 0.301. The highest BCUT2D eigenvalue weighted by Gasteiger charge is 2.26. The summed E-state index contributed by atoms with van der Waals surface area (Å²) in [6.07, 6.45) is 2.98. The van der Waals surface area contributed by atoms with Crippen molar-refractivity contribution >= 4 is 17.9 Å². The molecule has 0 heterocycles. The summed E-state index contributed by atoms with van der Waals surface area (Å²) in [6.45, 7) is 5.72. The Morgan fingerprint density at radius 2 is 1.59 bits per heavy atom.